The molecule has 0 bridgehead atoms. The van der Waals surface area contributed by atoms with Gasteiger partial charge in [-0.3, -0.25) is 9.59 Å². The maximum atomic E-state index is 12.6. The van der Waals surface area contributed by atoms with Crippen LogP contribution in [0.3, 0.4) is 0 Å². The first kappa shape index (κ1) is 19.0. The van der Waals surface area contributed by atoms with Gasteiger partial charge in [-0.1, -0.05) is 25.5 Å². The van der Waals surface area contributed by atoms with Crippen molar-refractivity contribution >= 4 is 11.9 Å². The van der Waals surface area contributed by atoms with E-state index in [-0.39, 0.29) is 41.3 Å². The lowest BCUT2D eigenvalue weighted by molar-refractivity contribution is -0.165. The molecule has 5 atom stereocenters. The van der Waals surface area contributed by atoms with Crippen LogP contribution in [0.15, 0.2) is 11.6 Å². The van der Waals surface area contributed by atoms with Crippen molar-refractivity contribution in [2.75, 3.05) is 13.1 Å². The molecule has 1 aliphatic carbocycles. The van der Waals surface area contributed by atoms with Crippen molar-refractivity contribution in [1.82, 2.24) is 4.90 Å². The van der Waals surface area contributed by atoms with Crippen molar-refractivity contribution in [3.63, 3.8) is 0 Å². The lowest BCUT2D eigenvalue weighted by Gasteiger charge is -2.36. The summed E-state index contributed by atoms with van der Waals surface area (Å²) in [6.07, 6.45) is 1.39. The van der Waals surface area contributed by atoms with Gasteiger partial charge in [0.2, 0.25) is 0 Å². The van der Waals surface area contributed by atoms with Crippen molar-refractivity contribution < 1.29 is 19.1 Å². The van der Waals surface area contributed by atoms with Crippen LogP contribution in [0.25, 0.3) is 0 Å². The molecule has 2 fully saturated rings. The van der Waals surface area contributed by atoms with E-state index in [0.29, 0.717) is 13.1 Å². The Morgan fingerprint density at radius 1 is 1.21 bits per heavy atom. The molecule has 0 aromatic heterocycles. The van der Waals surface area contributed by atoms with E-state index in [1.165, 1.54) is 5.57 Å². The first-order valence-corrected chi connectivity index (χ1v) is 8.83. The van der Waals surface area contributed by atoms with E-state index < -0.39 is 6.10 Å². The summed E-state index contributed by atoms with van der Waals surface area (Å²) in [5, 5.41) is 0. The number of carbonyl (C=O) groups excluding carboxylic acids is 2. The van der Waals surface area contributed by atoms with Crippen LogP contribution in [-0.2, 0) is 19.1 Å². The Morgan fingerprint density at radius 3 is 2.25 bits per heavy atom. The summed E-state index contributed by atoms with van der Waals surface area (Å²) < 4.78 is 11.2. The topological polar surface area (TPSA) is 55.8 Å². The molecule has 2 rings (SSSR count). The van der Waals surface area contributed by atoms with Gasteiger partial charge in [0.05, 0.1) is 18.1 Å². The summed E-state index contributed by atoms with van der Waals surface area (Å²) in [5.41, 5.74) is 1.10. The standard InChI is InChI=1S/C19H31NO4/c1-11(2)8-15-16(19(15,6)7)18(22)24-14(5)17(21)20-9-12(3)23-13(4)10-20/h8,12-16H,9-10H2,1-7H3/t12-,13-,14-,15-,16-/m1/s1. The van der Waals surface area contributed by atoms with E-state index in [2.05, 4.69) is 19.9 Å². The quantitative estimate of drug-likeness (QED) is 0.585. The van der Waals surface area contributed by atoms with Crippen LogP contribution in [-0.4, -0.2) is 48.2 Å². The zero-order valence-corrected chi connectivity index (χ0v) is 16.0. The highest BCUT2D eigenvalue weighted by Gasteiger charge is 2.61. The fourth-order valence-electron chi connectivity index (χ4n) is 3.71. The van der Waals surface area contributed by atoms with Crippen molar-refractivity contribution in [1.29, 1.82) is 0 Å². The highest BCUT2D eigenvalue weighted by molar-refractivity contribution is 5.85. The first-order valence-electron chi connectivity index (χ1n) is 8.83. The monoisotopic (exact) mass is 337 g/mol. The third-order valence-electron chi connectivity index (χ3n) is 5.05. The normalized spacial score (nSPS) is 32.7. The molecule has 136 valence electrons. The van der Waals surface area contributed by atoms with Gasteiger partial charge in [0.25, 0.3) is 5.91 Å². The Kier molecular flexibility index (Phi) is 5.43. The predicted octanol–water partition coefficient (Wildman–Crippen LogP) is 2.79. The predicted molar refractivity (Wildman–Crippen MR) is 92.3 cm³/mol. The second-order valence-electron chi connectivity index (χ2n) is 8.15. The molecular weight excluding hydrogens is 306 g/mol. The second-order valence-corrected chi connectivity index (χ2v) is 8.15. The van der Waals surface area contributed by atoms with Gasteiger partial charge in [-0.05, 0) is 46.0 Å². The van der Waals surface area contributed by atoms with Crippen molar-refractivity contribution in [3.8, 4) is 0 Å². The molecule has 1 saturated heterocycles. The number of amides is 1. The number of hydrogen-bond acceptors (Lipinski definition) is 4. The highest BCUT2D eigenvalue weighted by Crippen LogP contribution is 2.59. The van der Waals surface area contributed by atoms with Crippen LogP contribution in [0, 0.1) is 17.3 Å². The first-order chi connectivity index (χ1) is 11.0. The van der Waals surface area contributed by atoms with Crippen LogP contribution in [0.2, 0.25) is 0 Å². The Bertz CT molecular complexity index is 525. The minimum absolute atomic E-state index is 0.00464. The minimum atomic E-state index is -0.751. The van der Waals surface area contributed by atoms with Crippen molar-refractivity contribution in [2.45, 2.75) is 66.8 Å². The van der Waals surface area contributed by atoms with E-state index in [1.807, 2.05) is 27.7 Å². The lowest BCUT2D eigenvalue weighted by atomic mass is 10.1. The lowest BCUT2D eigenvalue weighted by Crippen LogP contribution is -2.51. The Labute approximate surface area is 145 Å². The molecule has 0 aromatic rings. The summed E-state index contributed by atoms with van der Waals surface area (Å²) in [6.45, 7) is 14.8. The van der Waals surface area contributed by atoms with Crippen LogP contribution < -0.4 is 0 Å². The van der Waals surface area contributed by atoms with Gasteiger partial charge < -0.3 is 14.4 Å². The van der Waals surface area contributed by atoms with Crippen molar-refractivity contribution in [2.24, 2.45) is 17.3 Å². The van der Waals surface area contributed by atoms with Gasteiger partial charge in [0.1, 0.15) is 0 Å². The van der Waals surface area contributed by atoms with Gasteiger partial charge in [-0.15, -0.1) is 0 Å². The van der Waals surface area contributed by atoms with Gasteiger partial charge in [-0.2, -0.15) is 0 Å². The third kappa shape index (κ3) is 4.00. The molecule has 1 amide bonds. The largest absolute Gasteiger partial charge is 0.452 e. The van der Waals surface area contributed by atoms with Gasteiger partial charge >= 0.3 is 5.97 Å². The molecular formula is C19H31NO4. The Balaban J connectivity index is 1.94. The number of esters is 1. The van der Waals surface area contributed by atoms with E-state index in [9.17, 15) is 9.59 Å². The molecule has 0 spiro atoms. The second kappa shape index (κ2) is 6.87. The number of allylic oxidation sites excluding steroid dienone is 2. The maximum Gasteiger partial charge on any atom is 0.310 e. The fraction of sp³-hybridized carbons (Fsp3) is 0.789. The molecule has 0 radical (unpaired) electrons. The third-order valence-corrected chi connectivity index (χ3v) is 5.05. The van der Waals surface area contributed by atoms with Crippen LogP contribution in [0.1, 0.15) is 48.5 Å². The SMILES string of the molecule is CC(C)=C[C@@H]1[C@H](C(=O)O[C@H](C)C(=O)N2C[C@@H](C)O[C@H](C)C2)C1(C)C. The van der Waals surface area contributed by atoms with E-state index in [1.54, 1.807) is 11.8 Å². The molecule has 0 unspecified atom stereocenters. The number of rotatable bonds is 4. The summed E-state index contributed by atoms with van der Waals surface area (Å²) >= 11 is 0. The maximum absolute atomic E-state index is 12.6. The van der Waals surface area contributed by atoms with Gasteiger partial charge in [0, 0.05) is 13.1 Å². The number of ether oxygens (including phenoxy) is 2. The zero-order chi connectivity index (χ0) is 18.2. The number of hydrogen-bond donors (Lipinski definition) is 0. The molecule has 0 aromatic carbocycles. The van der Waals surface area contributed by atoms with E-state index >= 15 is 0 Å². The average Bonchev–Trinajstić information content (AvgIpc) is 2.96. The molecule has 1 aliphatic heterocycles. The Hall–Kier alpha value is -1.36. The average molecular weight is 337 g/mol. The molecule has 5 heteroatoms. The minimum Gasteiger partial charge on any atom is -0.452 e. The van der Waals surface area contributed by atoms with E-state index in [4.69, 9.17) is 9.47 Å². The smallest absolute Gasteiger partial charge is 0.310 e. The zero-order valence-electron chi connectivity index (χ0n) is 16.0. The molecule has 5 nitrogen and oxygen atoms in total. The van der Waals surface area contributed by atoms with Crippen LogP contribution >= 0.6 is 0 Å². The molecule has 24 heavy (non-hydrogen) atoms. The summed E-state index contributed by atoms with van der Waals surface area (Å²) in [6, 6.07) is 0. The summed E-state index contributed by atoms with van der Waals surface area (Å²) in [7, 11) is 0. The number of morpholine rings is 1. The summed E-state index contributed by atoms with van der Waals surface area (Å²) in [5.74, 6) is -0.369. The number of carbonyl (C=O) groups is 2. The van der Waals surface area contributed by atoms with Crippen LogP contribution in [0.4, 0.5) is 0 Å². The Morgan fingerprint density at radius 2 is 1.75 bits per heavy atom. The highest BCUT2D eigenvalue weighted by atomic mass is 16.5. The molecule has 1 saturated carbocycles. The molecule has 2 aliphatic rings. The van der Waals surface area contributed by atoms with E-state index in [0.717, 1.165) is 0 Å². The summed E-state index contributed by atoms with van der Waals surface area (Å²) in [4.78, 5) is 26.8. The van der Waals surface area contributed by atoms with Gasteiger partial charge in [-0.25, -0.2) is 0 Å². The van der Waals surface area contributed by atoms with Crippen LogP contribution in [0.5, 0.6) is 0 Å². The molecule has 1 heterocycles. The molecule has 0 N–H and O–H groups in total. The van der Waals surface area contributed by atoms with Gasteiger partial charge in [0.15, 0.2) is 6.10 Å². The van der Waals surface area contributed by atoms with Crippen molar-refractivity contribution in [3.05, 3.63) is 11.6 Å². The fourth-order valence-corrected chi connectivity index (χ4v) is 3.71. The number of nitrogens with zero attached hydrogens (tertiary/aromatic N) is 1.